The summed E-state index contributed by atoms with van der Waals surface area (Å²) in [5.41, 5.74) is 5.95. The Bertz CT molecular complexity index is 160. The van der Waals surface area contributed by atoms with E-state index in [1.165, 1.54) is 12.8 Å². The normalized spacial score (nSPS) is 12.4. The van der Waals surface area contributed by atoms with Gasteiger partial charge in [-0.25, -0.2) is 0 Å². The molecule has 2 N–H and O–H groups in total. The predicted octanol–water partition coefficient (Wildman–Crippen LogP) is 2.11. The fourth-order valence-electron chi connectivity index (χ4n) is 1.56. The summed E-state index contributed by atoms with van der Waals surface area (Å²) in [6, 6.07) is 0. The molecule has 0 atom stereocenters. The van der Waals surface area contributed by atoms with Crippen LogP contribution >= 0.6 is 0 Å². The van der Waals surface area contributed by atoms with Crippen LogP contribution in [0.4, 0.5) is 0 Å². The minimum atomic E-state index is 0.208. The van der Waals surface area contributed by atoms with E-state index in [2.05, 4.69) is 32.6 Å². The average Bonchev–Trinajstić information content (AvgIpc) is 2.27. The van der Waals surface area contributed by atoms with Crippen molar-refractivity contribution >= 4 is 0 Å². The van der Waals surface area contributed by atoms with Crippen molar-refractivity contribution in [3.63, 3.8) is 0 Å². The summed E-state index contributed by atoms with van der Waals surface area (Å²) >= 11 is 0. The molecular weight excluding hydrogens is 200 g/mol. The van der Waals surface area contributed by atoms with Gasteiger partial charge in [0.25, 0.3) is 0 Å². The van der Waals surface area contributed by atoms with Crippen molar-refractivity contribution in [2.75, 3.05) is 39.4 Å². The molecule has 3 nitrogen and oxygen atoms in total. The number of rotatable bonds is 10. The van der Waals surface area contributed by atoms with Crippen LogP contribution in [0.25, 0.3) is 0 Å². The van der Waals surface area contributed by atoms with E-state index in [1.54, 1.807) is 0 Å². The second kappa shape index (κ2) is 8.97. The number of ether oxygens (including phenoxy) is 1. The third-order valence-corrected chi connectivity index (χ3v) is 2.85. The Morgan fingerprint density at radius 1 is 1.19 bits per heavy atom. The SMILES string of the molecule is CCCCOCCN(CC)CC(C)(C)CN. The number of hydrogen-bond donors (Lipinski definition) is 1. The molecule has 0 rings (SSSR count). The molecule has 0 amide bonds. The molecule has 0 aliphatic rings. The first-order valence-corrected chi connectivity index (χ1v) is 6.56. The lowest BCUT2D eigenvalue weighted by molar-refractivity contribution is 0.0894. The lowest BCUT2D eigenvalue weighted by atomic mass is 9.93. The summed E-state index contributed by atoms with van der Waals surface area (Å²) in [6.07, 6.45) is 2.37. The van der Waals surface area contributed by atoms with Gasteiger partial charge in [0.2, 0.25) is 0 Å². The van der Waals surface area contributed by atoms with Crippen molar-refractivity contribution in [2.45, 2.75) is 40.5 Å². The van der Waals surface area contributed by atoms with Crippen LogP contribution in [-0.2, 0) is 4.74 Å². The van der Waals surface area contributed by atoms with Crippen LogP contribution in [0.2, 0.25) is 0 Å². The van der Waals surface area contributed by atoms with Crippen molar-refractivity contribution < 1.29 is 4.74 Å². The fraction of sp³-hybridized carbons (Fsp3) is 1.00. The zero-order valence-electron chi connectivity index (χ0n) is 11.6. The molecule has 3 heteroatoms. The quantitative estimate of drug-likeness (QED) is 0.584. The van der Waals surface area contributed by atoms with Gasteiger partial charge in [-0.1, -0.05) is 34.1 Å². The first-order chi connectivity index (χ1) is 7.55. The van der Waals surface area contributed by atoms with Crippen molar-refractivity contribution in [1.82, 2.24) is 4.90 Å². The molecule has 0 spiro atoms. The molecule has 0 aliphatic carbocycles. The van der Waals surface area contributed by atoms with Crippen molar-refractivity contribution in [3.05, 3.63) is 0 Å². The Morgan fingerprint density at radius 2 is 1.88 bits per heavy atom. The first kappa shape index (κ1) is 15.9. The Labute approximate surface area is 101 Å². The molecule has 0 aromatic heterocycles. The zero-order chi connectivity index (χ0) is 12.4. The van der Waals surface area contributed by atoms with E-state index in [1.807, 2.05) is 0 Å². The van der Waals surface area contributed by atoms with Crippen LogP contribution in [-0.4, -0.2) is 44.3 Å². The van der Waals surface area contributed by atoms with Crippen molar-refractivity contribution in [2.24, 2.45) is 11.1 Å². The molecule has 0 fully saturated rings. The van der Waals surface area contributed by atoms with Gasteiger partial charge < -0.3 is 15.4 Å². The molecule has 0 unspecified atom stereocenters. The Balaban J connectivity index is 3.67. The Morgan fingerprint density at radius 3 is 2.38 bits per heavy atom. The van der Waals surface area contributed by atoms with Crippen molar-refractivity contribution in [3.8, 4) is 0 Å². The first-order valence-electron chi connectivity index (χ1n) is 6.56. The average molecular weight is 230 g/mol. The minimum Gasteiger partial charge on any atom is -0.380 e. The van der Waals surface area contributed by atoms with Gasteiger partial charge in [0, 0.05) is 19.7 Å². The van der Waals surface area contributed by atoms with Crippen LogP contribution in [0, 0.1) is 5.41 Å². The summed E-state index contributed by atoms with van der Waals surface area (Å²) in [5.74, 6) is 0. The molecule has 0 aliphatic heterocycles. The zero-order valence-corrected chi connectivity index (χ0v) is 11.6. The molecule has 0 aromatic carbocycles. The van der Waals surface area contributed by atoms with E-state index in [4.69, 9.17) is 10.5 Å². The van der Waals surface area contributed by atoms with Gasteiger partial charge in [-0.3, -0.25) is 0 Å². The number of likely N-dealkylation sites (N-methyl/N-ethyl adjacent to an activating group) is 1. The van der Waals surface area contributed by atoms with E-state index >= 15 is 0 Å². The summed E-state index contributed by atoms with van der Waals surface area (Å²) in [5, 5.41) is 0. The van der Waals surface area contributed by atoms with Gasteiger partial charge in [0.05, 0.1) is 6.61 Å². The van der Waals surface area contributed by atoms with Crippen LogP contribution in [0.3, 0.4) is 0 Å². The summed E-state index contributed by atoms with van der Waals surface area (Å²) in [4.78, 5) is 2.42. The molecule has 0 saturated carbocycles. The lowest BCUT2D eigenvalue weighted by Crippen LogP contribution is -2.40. The molecule has 0 saturated heterocycles. The van der Waals surface area contributed by atoms with E-state index in [0.29, 0.717) is 0 Å². The van der Waals surface area contributed by atoms with Crippen LogP contribution < -0.4 is 5.73 Å². The molecule has 0 radical (unpaired) electrons. The van der Waals surface area contributed by atoms with Gasteiger partial charge in [-0.05, 0) is 24.9 Å². The van der Waals surface area contributed by atoms with Crippen LogP contribution in [0.15, 0.2) is 0 Å². The highest BCUT2D eigenvalue weighted by Crippen LogP contribution is 2.14. The van der Waals surface area contributed by atoms with Crippen molar-refractivity contribution in [1.29, 1.82) is 0 Å². The second-order valence-corrected chi connectivity index (χ2v) is 5.20. The van der Waals surface area contributed by atoms with E-state index < -0.39 is 0 Å². The summed E-state index contributed by atoms with van der Waals surface area (Å²) in [7, 11) is 0. The summed E-state index contributed by atoms with van der Waals surface area (Å²) in [6.45, 7) is 14.4. The smallest absolute Gasteiger partial charge is 0.0593 e. The van der Waals surface area contributed by atoms with E-state index in [0.717, 1.165) is 39.4 Å². The summed E-state index contributed by atoms with van der Waals surface area (Å²) < 4.78 is 5.58. The maximum absolute atomic E-state index is 5.75. The fourth-order valence-corrected chi connectivity index (χ4v) is 1.56. The highest BCUT2D eigenvalue weighted by Gasteiger charge is 2.18. The number of nitrogens with zero attached hydrogens (tertiary/aromatic N) is 1. The minimum absolute atomic E-state index is 0.208. The number of hydrogen-bond acceptors (Lipinski definition) is 3. The van der Waals surface area contributed by atoms with Gasteiger partial charge in [-0.2, -0.15) is 0 Å². The monoisotopic (exact) mass is 230 g/mol. The number of unbranched alkanes of at least 4 members (excludes halogenated alkanes) is 1. The molecular formula is C13H30N2O. The highest BCUT2D eigenvalue weighted by atomic mass is 16.5. The Kier molecular flexibility index (Phi) is 8.90. The van der Waals surface area contributed by atoms with Gasteiger partial charge >= 0.3 is 0 Å². The maximum atomic E-state index is 5.75. The molecule has 98 valence electrons. The highest BCUT2D eigenvalue weighted by molar-refractivity contribution is 4.74. The van der Waals surface area contributed by atoms with Gasteiger partial charge in [0.15, 0.2) is 0 Å². The van der Waals surface area contributed by atoms with Gasteiger partial charge in [0.1, 0.15) is 0 Å². The largest absolute Gasteiger partial charge is 0.380 e. The van der Waals surface area contributed by atoms with E-state index in [-0.39, 0.29) is 5.41 Å². The third-order valence-electron chi connectivity index (χ3n) is 2.85. The van der Waals surface area contributed by atoms with Crippen LogP contribution in [0.1, 0.15) is 40.5 Å². The molecule has 0 bridgehead atoms. The maximum Gasteiger partial charge on any atom is 0.0593 e. The third kappa shape index (κ3) is 8.08. The topological polar surface area (TPSA) is 38.5 Å². The standard InChI is InChI=1S/C13H30N2O/c1-5-7-9-16-10-8-15(6-2)12-13(3,4)11-14/h5-12,14H2,1-4H3. The molecule has 16 heavy (non-hydrogen) atoms. The lowest BCUT2D eigenvalue weighted by Gasteiger charge is -2.30. The molecule has 0 aromatic rings. The Hall–Kier alpha value is -0.120. The van der Waals surface area contributed by atoms with E-state index in [9.17, 15) is 0 Å². The molecule has 0 heterocycles. The van der Waals surface area contributed by atoms with Gasteiger partial charge in [-0.15, -0.1) is 0 Å². The number of nitrogens with two attached hydrogens (primary N) is 1. The second-order valence-electron chi connectivity index (χ2n) is 5.20. The predicted molar refractivity (Wildman–Crippen MR) is 70.7 cm³/mol. The van der Waals surface area contributed by atoms with Crippen LogP contribution in [0.5, 0.6) is 0 Å².